The van der Waals surface area contributed by atoms with Gasteiger partial charge in [0.25, 0.3) is 0 Å². The molecule has 3 heteroatoms. The molecule has 1 N–H and O–H groups in total. The van der Waals surface area contributed by atoms with Crippen LogP contribution in [0.3, 0.4) is 0 Å². The molecule has 1 aromatic rings. The van der Waals surface area contributed by atoms with Gasteiger partial charge in [-0.2, -0.15) is 0 Å². The molecule has 114 valence electrons. The van der Waals surface area contributed by atoms with Gasteiger partial charge in [0.2, 0.25) is 0 Å². The summed E-state index contributed by atoms with van der Waals surface area (Å²) in [6, 6.07) is 0.572. The van der Waals surface area contributed by atoms with Gasteiger partial charge in [0, 0.05) is 31.4 Å². The lowest BCUT2D eigenvalue weighted by atomic mass is 9.79. The Morgan fingerprint density at radius 3 is 2.70 bits per heavy atom. The molecule has 1 aliphatic rings. The van der Waals surface area contributed by atoms with Gasteiger partial charge >= 0.3 is 0 Å². The second-order valence-electron chi connectivity index (χ2n) is 6.61. The monoisotopic (exact) mass is 277 g/mol. The molecule has 1 unspecified atom stereocenters. The maximum atomic E-state index is 4.61. The van der Waals surface area contributed by atoms with Crippen LogP contribution < -0.4 is 5.32 Å². The summed E-state index contributed by atoms with van der Waals surface area (Å²) in [7, 11) is 0. The van der Waals surface area contributed by atoms with Crippen LogP contribution in [0, 0.1) is 5.41 Å². The van der Waals surface area contributed by atoms with E-state index in [-0.39, 0.29) is 0 Å². The maximum absolute atomic E-state index is 4.61. The molecule has 3 nitrogen and oxygen atoms in total. The Labute approximate surface area is 124 Å². The van der Waals surface area contributed by atoms with E-state index in [1.807, 2.05) is 6.20 Å². The first kappa shape index (κ1) is 15.6. The quantitative estimate of drug-likeness (QED) is 0.783. The average Bonchev–Trinajstić information content (AvgIpc) is 3.05. The van der Waals surface area contributed by atoms with Gasteiger partial charge in [0.05, 0.1) is 0 Å². The minimum Gasteiger partial charge on any atom is -0.335 e. The first-order valence-corrected chi connectivity index (χ1v) is 8.43. The molecule has 1 saturated carbocycles. The Kier molecular flexibility index (Phi) is 5.64. The molecule has 0 saturated heterocycles. The third-order valence-electron chi connectivity index (χ3n) is 4.88. The SMILES string of the molecule is CCCNC(Cc1nccn1CCC)C1(C)CCCC1. The third kappa shape index (κ3) is 3.63. The van der Waals surface area contributed by atoms with Gasteiger partial charge in [-0.05, 0) is 37.6 Å². The van der Waals surface area contributed by atoms with E-state index in [9.17, 15) is 0 Å². The number of aryl methyl sites for hydroxylation is 1. The van der Waals surface area contributed by atoms with Crippen molar-refractivity contribution in [1.29, 1.82) is 0 Å². The predicted molar refractivity (Wildman–Crippen MR) is 84.9 cm³/mol. The fourth-order valence-corrected chi connectivity index (χ4v) is 3.57. The van der Waals surface area contributed by atoms with Crippen molar-refractivity contribution in [3.8, 4) is 0 Å². The Hall–Kier alpha value is -0.830. The summed E-state index contributed by atoms with van der Waals surface area (Å²) >= 11 is 0. The van der Waals surface area contributed by atoms with Crippen LogP contribution in [0.25, 0.3) is 0 Å². The average molecular weight is 277 g/mol. The van der Waals surface area contributed by atoms with Gasteiger partial charge in [-0.15, -0.1) is 0 Å². The molecule has 1 aromatic heterocycles. The van der Waals surface area contributed by atoms with E-state index in [2.05, 4.69) is 41.8 Å². The molecule has 1 aliphatic carbocycles. The van der Waals surface area contributed by atoms with Crippen LogP contribution in [-0.4, -0.2) is 22.1 Å². The number of nitrogens with zero attached hydrogens (tertiary/aromatic N) is 2. The lowest BCUT2D eigenvalue weighted by Gasteiger charge is -2.35. The number of hydrogen-bond donors (Lipinski definition) is 1. The molecule has 0 bridgehead atoms. The van der Waals surface area contributed by atoms with Crippen molar-refractivity contribution in [2.45, 2.75) is 78.3 Å². The molecule has 0 amide bonds. The molecule has 1 heterocycles. The third-order valence-corrected chi connectivity index (χ3v) is 4.88. The molecular formula is C17H31N3. The molecule has 1 atom stereocenters. The second kappa shape index (κ2) is 7.26. The number of rotatable bonds is 8. The Bertz CT molecular complexity index is 391. The minimum absolute atomic E-state index is 0.457. The standard InChI is InChI=1S/C17H31N3/c1-4-10-18-15(17(3)8-6-7-9-17)14-16-19-11-13-20(16)12-5-2/h11,13,15,18H,4-10,12,14H2,1-3H3. The highest BCUT2D eigenvalue weighted by molar-refractivity contribution is 5.01. The molecule has 0 radical (unpaired) electrons. The number of aromatic nitrogens is 2. The largest absolute Gasteiger partial charge is 0.335 e. The van der Waals surface area contributed by atoms with Crippen LogP contribution in [0.4, 0.5) is 0 Å². The van der Waals surface area contributed by atoms with Crippen molar-refractivity contribution < 1.29 is 0 Å². The van der Waals surface area contributed by atoms with Crippen molar-refractivity contribution >= 4 is 0 Å². The number of hydrogen-bond acceptors (Lipinski definition) is 2. The van der Waals surface area contributed by atoms with E-state index in [0.29, 0.717) is 11.5 Å². The summed E-state index contributed by atoms with van der Waals surface area (Å²) in [4.78, 5) is 4.61. The normalized spacial score (nSPS) is 19.4. The summed E-state index contributed by atoms with van der Waals surface area (Å²) in [5, 5.41) is 3.81. The summed E-state index contributed by atoms with van der Waals surface area (Å²) < 4.78 is 2.33. The topological polar surface area (TPSA) is 29.9 Å². The fraction of sp³-hybridized carbons (Fsp3) is 0.824. The Balaban J connectivity index is 2.08. The molecule has 20 heavy (non-hydrogen) atoms. The smallest absolute Gasteiger partial charge is 0.110 e. The van der Waals surface area contributed by atoms with Crippen LogP contribution in [-0.2, 0) is 13.0 Å². The first-order valence-electron chi connectivity index (χ1n) is 8.43. The highest BCUT2D eigenvalue weighted by Gasteiger charge is 2.37. The van der Waals surface area contributed by atoms with Crippen molar-refractivity contribution in [2.24, 2.45) is 5.41 Å². The van der Waals surface area contributed by atoms with Crippen molar-refractivity contribution in [3.63, 3.8) is 0 Å². The summed E-state index contributed by atoms with van der Waals surface area (Å²) in [5.41, 5.74) is 0.457. The maximum Gasteiger partial charge on any atom is 0.110 e. The lowest BCUT2D eigenvalue weighted by Crippen LogP contribution is -2.44. The first-order chi connectivity index (χ1) is 9.69. The van der Waals surface area contributed by atoms with E-state index in [4.69, 9.17) is 0 Å². The van der Waals surface area contributed by atoms with Gasteiger partial charge < -0.3 is 9.88 Å². The fourth-order valence-electron chi connectivity index (χ4n) is 3.57. The van der Waals surface area contributed by atoms with Gasteiger partial charge in [-0.1, -0.05) is 33.6 Å². The van der Waals surface area contributed by atoms with Crippen LogP contribution in [0.1, 0.15) is 65.1 Å². The van der Waals surface area contributed by atoms with Crippen molar-refractivity contribution in [1.82, 2.24) is 14.9 Å². The second-order valence-corrected chi connectivity index (χ2v) is 6.61. The molecule has 2 rings (SSSR count). The lowest BCUT2D eigenvalue weighted by molar-refractivity contribution is 0.216. The van der Waals surface area contributed by atoms with E-state index in [1.165, 1.54) is 44.3 Å². The highest BCUT2D eigenvalue weighted by atomic mass is 15.1. The molecule has 0 aromatic carbocycles. The molecule has 1 fully saturated rings. The van der Waals surface area contributed by atoms with Gasteiger partial charge in [0.15, 0.2) is 0 Å². The zero-order valence-electron chi connectivity index (χ0n) is 13.5. The van der Waals surface area contributed by atoms with Gasteiger partial charge in [-0.3, -0.25) is 0 Å². The predicted octanol–water partition coefficient (Wildman–Crippen LogP) is 3.78. The van der Waals surface area contributed by atoms with E-state index in [1.54, 1.807) is 0 Å². The highest BCUT2D eigenvalue weighted by Crippen LogP contribution is 2.41. The zero-order valence-corrected chi connectivity index (χ0v) is 13.5. The van der Waals surface area contributed by atoms with E-state index >= 15 is 0 Å². The summed E-state index contributed by atoms with van der Waals surface area (Å²) in [6.07, 6.45) is 13.1. The Morgan fingerprint density at radius 2 is 2.05 bits per heavy atom. The van der Waals surface area contributed by atoms with Crippen molar-refractivity contribution in [3.05, 3.63) is 18.2 Å². The van der Waals surface area contributed by atoms with Crippen molar-refractivity contribution in [2.75, 3.05) is 6.54 Å². The van der Waals surface area contributed by atoms with E-state index in [0.717, 1.165) is 19.5 Å². The molecule has 0 spiro atoms. The molecule has 0 aliphatic heterocycles. The Morgan fingerprint density at radius 1 is 1.30 bits per heavy atom. The summed E-state index contributed by atoms with van der Waals surface area (Å²) in [6.45, 7) is 9.16. The zero-order chi connectivity index (χ0) is 14.4. The number of imidazole rings is 1. The van der Waals surface area contributed by atoms with Crippen LogP contribution in [0.5, 0.6) is 0 Å². The van der Waals surface area contributed by atoms with Crippen LogP contribution in [0.15, 0.2) is 12.4 Å². The van der Waals surface area contributed by atoms with Crippen LogP contribution in [0.2, 0.25) is 0 Å². The number of nitrogens with one attached hydrogen (secondary N) is 1. The van der Waals surface area contributed by atoms with Crippen LogP contribution >= 0.6 is 0 Å². The van der Waals surface area contributed by atoms with Gasteiger partial charge in [-0.25, -0.2) is 4.98 Å². The van der Waals surface area contributed by atoms with E-state index < -0.39 is 0 Å². The summed E-state index contributed by atoms with van der Waals surface area (Å²) in [5.74, 6) is 1.26. The minimum atomic E-state index is 0.457. The molecular weight excluding hydrogens is 246 g/mol. The van der Waals surface area contributed by atoms with Gasteiger partial charge in [0.1, 0.15) is 5.82 Å².